The molecule has 9 nitrogen and oxygen atoms in total. The summed E-state index contributed by atoms with van der Waals surface area (Å²) >= 11 is 0. The topological polar surface area (TPSA) is 104 Å². The van der Waals surface area contributed by atoms with Gasteiger partial charge in [-0.15, -0.1) is 0 Å². The van der Waals surface area contributed by atoms with Crippen LogP contribution in [-0.4, -0.2) is 76.2 Å². The first-order chi connectivity index (χ1) is 16.6. The van der Waals surface area contributed by atoms with Gasteiger partial charge in [0.15, 0.2) is 5.76 Å². The first kappa shape index (κ1) is 24.2. The number of benzene rings is 1. The summed E-state index contributed by atoms with van der Waals surface area (Å²) in [6.45, 7) is 4.52. The highest BCUT2D eigenvalue weighted by Crippen LogP contribution is 2.39. The van der Waals surface area contributed by atoms with Crippen molar-refractivity contribution in [2.24, 2.45) is 0 Å². The van der Waals surface area contributed by atoms with Crippen molar-refractivity contribution in [3.8, 4) is 0 Å². The van der Waals surface area contributed by atoms with Crippen molar-refractivity contribution < 1.29 is 24.2 Å². The second-order valence-electron chi connectivity index (χ2n) is 8.84. The van der Waals surface area contributed by atoms with Gasteiger partial charge in [-0.1, -0.05) is 18.2 Å². The van der Waals surface area contributed by atoms with E-state index < -0.39 is 23.7 Å². The van der Waals surface area contributed by atoms with Crippen LogP contribution in [0.15, 0.2) is 48.2 Å². The molecule has 0 aliphatic carbocycles. The summed E-state index contributed by atoms with van der Waals surface area (Å²) in [5.74, 6) is -2.27. The van der Waals surface area contributed by atoms with E-state index in [0.717, 1.165) is 5.56 Å². The quantitative estimate of drug-likeness (QED) is 0.252. The van der Waals surface area contributed by atoms with Gasteiger partial charge in [-0.05, 0) is 57.3 Å². The second kappa shape index (κ2) is 9.34. The maximum atomic E-state index is 13.2. The van der Waals surface area contributed by atoms with Crippen LogP contribution in [0, 0.1) is 13.8 Å². The molecule has 2 aromatic heterocycles. The third kappa shape index (κ3) is 4.19. The number of carbonyl (C=O) groups excluding carboxylic acids is 3. The Bertz CT molecular complexity index is 1350. The van der Waals surface area contributed by atoms with E-state index in [0.29, 0.717) is 29.0 Å². The Hall–Kier alpha value is -3.98. The Labute approximate surface area is 203 Å². The SMILES string of the molecule is COC(=O)c1ccc(C2/C(=C(\O)c3nc4c(C)cccn4c3C)C(=O)C(=O)N2CCN(C)C)cc1. The van der Waals surface area contributed by atoms with Crippen LogP contribution in [0.1, 0.15) is 38.9 Å². The number of likely N-dealkylation sites (tertiary alicyclic amines) is 1. The molecule has 1 atom stereocenters. The summed E-state index contributed by atoms with van der Waals surface area (Å²) in [7, 11) is 5.05. The number of likely N-dealkylation sites (N-methyl/N-ethyl adjacent to an activating group) is 1. The zero-order valence-corrected chi connectivity index (χ0v) is 20.4. The second-order valence-corrected chi connectivity index (χ2v) is 8.84. The van der Waals surface area contributed by atoms with Gasteiger partial charge in [0.25, 0.3) is 11.7 Å². The van der Waals surface area contributed by atoms with Crippen LogP contribution in [0.3, 0.4) is 0 Å². The Balaban J connectivity index is 1.89. The van der Waals surface area contributed by atoms with E-state index >= 15 is 0 Å². The van der Waals surface area contributed by atoms with Crippen molar-refractivity contribution in [3.05, 3.63) is 76.2 Å². The number of ketones is 1. The van der Waals surface area contributed by atoms with E-state index in [-0.39, 0.29) is 23.6 Å². The van der Waals surface area contributed by atoms with Gasteiger partial charge in [-0.3, -0.25) is 9.59 Å². The largest absolute Gasteiger partial charge is 0.505 e. The number of amides is 1. The number of nitrogens with zero attached hydrogens (tertiary/aromatic N) is 4. The number of methoxy groups -OCH3 is 1. The van der Waals surface area contributed by atoms with Gasteiger partial charge in [0.2, 0.25) is 0 Å². The smallest absolute Gasteiger partial charge is 0.337 e. The van der Waals surface area contributed by atoms with E-state index in [9.17, 15) is 19.5 Å². The van der Waals surface area contributed by atoms with Gasteiger partial charge < -0.3 is 24.0 Å². The average molecular weight is 477 g/mol. The number of hydrogen-bond acceptors (Lipinski definition) is 7. The Morgan fingerprint density at radius 1 is 1.14 bits per heavy atom. The number of aryl methyl sites for hydroxylation is 2. The first-order valence-corrected chi connectivity index (χ1v) is 11.2. The minimum atomic E-state index is -0.827. The van der Waals surface area contributed by atoms with Crippen LogP contribution < -0.4 is 0 Å². The molecule has 0 radical (unpaired) electrons. The molecule has 35 heavy (non-hydrogen) atoms. The molecule has 1 aliphatic heterocycles. The molecule has 1 aromatic carbocycles. The Morgan fingerprint density at radius 2 is 1.83 bits per heavy atom. The minimum Gasteiger partial charge on any atom is -0.505 e. The summed E-state index contributed by atoms with van der Waals surface area (Å²) in [6, 6.07) is 9.45. The van der Waals surface area contributed by atoms with Crippen LogP contribution in [0.25, 0.3) is 11.4 Å². The molecule has 1 unspecified atom stereocenters. The van der Waals surface area contributed by atoms with Gasteiger partial charge in [0.05, 0.1) is 30.0 Å². The van der Waals surface area contributed by atoms with Gasteiger partial charge in [-0.25, -0.2) is 9.78 Å². The Kier molecular flexibility index (Phi) is 6.45. The molecule has 0 bridgehead atoms. The summed E-state index contributed by atoms with van der Waals surface area (Å²) in [4.78, 5) is 46.2. The standard InChI is InChI=1S/C26H28N4O5/c1-15-7-6-12-29-16(2)20(27-24(15)29)22(31)19-21(17-8-10-18(11-9-17)26(34)35-5)30(14-13-28(3)4)25(33)23(19)32/h6-12,21,31H,13-14H2,1-5H3/b22-19+. The van der Waals surface area contributed by atoms with Crippen LogP contribution in [0.2, 0.25) is 0 Å². The molecule has 4 rings (SSSR count). The predicted octanol–water partition coefficient (Wildman–Crippen LogP) is 2.72. The van der Waals surface area contributed by atoms with E-state index in [1.54, 1.807) is 31.2 Å². The number of esters is 1. The molecule has 3 aromatic rings. The predicted molar refractivity (Wildman–Crippen MR) is 130 cm³/mol. The zero-order valence-electron chi connectivity index (χ0n) is 20.4. The van der Waals surface area contributed by atoms with E-state index in [4.69, 9.17) is 4.74 Å². The van der Waals surface area contributed by atoms with Gasteiger partial charge in [-0.2, -0.15) is 0 Å². The molecular weight excluding hydrogens is 448 g/mol. The molecule has 1 saturated heterocycles. The number of rotatable bonds is 6. The number of fused-ring (bicyclic) bond motifs is 1. The monoisotopic (exact) mass is 476 g/mol. The summed E-state index contributed by atoms with van der Waals surface area (Å²) in [5, 5.41) is 11.4. The van der Waals surface area contributed by atoms with Crippen LogP contribution in [-0.2, 0) is 14.3 Å². The van der Waals surface area contributed by atoms with Crippen LogP contribution in [0.5, 0.6) is 0 Å². The summed E-state index contributed by atoms with van der Waals surface area (Å²) < 4.78 is 6.61. The normalized spacial score (nSPS) is 17.5. The minimum absolute atomic E-state index is 0.0243. The fourth-order valence-corrected chi connectivity index (χ4v) is 4.36. The fourth-order valence-electron chi connectivity index (χ4n) is 4.36. The lowest BCUT2D eigenvalue weighted by atomic mass is 9.95. The number of Topliss-reactive ketones (excluding diaryl/α,β-unsaturated/α-hetero) is 1. The van der Waals surface area contributed by atoms with Crippen molar-refractivity contribution in [2.75, 3.05) is 34.3 Å². The molecule has 0 spiro atoms. The third-order valence-electron chi connectivity index (χ3n) is 6.28. The number of aromatic nitrogens is 2. The average Bonchev–Trinajstić information content (AvgIpc) is 3.31. The number of aliphatic hydroxyl groups excluding tert-OH is 1. The Morgan fingerprint density at radius 3 is 2.43 bits per heavy atom. The molecule has 182 valence electrons. The maximum absolute atomic E-state index is 13.2. The highest BCUT2D eigenvalue weighted by atomic mass is 16.5. The lowest BCUT2D eigenvalue weighted by Crippen LogP contribution is -2.35. The van der Waals surface area contributed by atoms with Crippen LogP contribution >= 0.6 is 0 Å². The van der Waals surface area contributed by atoms with E-state index in [1.165, 1.54) is 12.0 Å². The molecule has 1 aliphatic rings. The number of aliphatic hydroxyl groups is 1. The van der Waals surface area contributed by atoms with Gasteiger partial charge >= 0.3 is 5.97 Å². The van der Waals surface area contributed by atoms with Gasteiger partial charge in [0, 0.05) is 19.3 Å². The van der Waals surface area contributed by atoms with E-state index in [1.807, 2.05) is 48.6 Å². The molecule has 1 N–H and O–H groups in total. The van der Waals surface area contributed by atoms with Crippen molar-refractivity contribution in [1.29, 1.82) is 0 Å². The molecule has 9 heteroatoms. The fraction of sp³-hybridized carbons (Fsp3) is 0.308. The lowest BCUT2D eigenvalue weighted by molar-refractivity contribution is -0.140. The van der Waals surface area contributed by atoms with Gasteiger partial charge in [0.1, 0.15) is 11.3 Å². The number of pyridine rings is 1. The van der Waals surface area contributed by atoms with E-state index in [2.05, 4.69) is 4.98 Å². The maximum Gasteiger partial charge on any atom is 0.337 e. The number of hydrogen-bond donors (Lipinski definition) is 1. The first-order valence-electron chi connectivity index (χ1n) is 11.2. The van der Waals surface area contributed by atoms with Crippen molar-refractivity contribution >= 4 is 29.1 Å². The number of carbonyl (C=O) groups is 3. The molecule has 1 amide bonds. The van der Waals surface area contributed by atoms with Crippen molar-refractivity contribution in [1.82, 2.24) is 19.2 Å². The van der Waals surface area contributed by atoms with Crippen molar-refractivity contribution in [3.63, 3.8) is 0 Å². The van der Waals surface area contributed by atoms with Crippen molar-refractivity contribution in [2.45, 2.75) is 19.9 Å². The summed E-state index contributed by atoms with van der Waals surface area (Å²) in [6.07, 6.45) is 1.83. The molecule has 0 saturated carbocycles. The number of imidazole rings is 1. The summed E-state index contributed by atoms with van der Waals surface area (Å²) in [5.41, 5.74) is 3.39. The third-order valence-corrected chi connectivity index (χ3v) is 6.28. The zero-order chi connectivity index (χ0) is 25.4. The lowest BCUT2D eigenvalue weighted by Gasteiger charge is -2.26. The van der Waals surface area contributed by atoms with Crippen LogP contribution in [0.4, 0.5) is 0 Å². The molecule has 1 fully saturated rings. The molecule has 3 heterocycles. The highest BCUT2D eigenvalue weighted by Gasteiger charge is 2.46. The molecular formula is C26H28N4O5. The number of ether oxygens (including phenoxy) is 1. The highest BCUT2D eigenvalue weighted by molar-refractivity contribution is 6.46.